The zero-order chi connectivity index (χ0) is 14.3. The summed E-state index contributed by atoms with van der Waals surface area (Å²) in [4.78, 5) is 0. The third-order valence-electron chi connectivity index (χ3n) is 4.41. The molecule has 2 atom stereocenters. The number of benzene rings is 2. The van der Waals surface area contributed by atoms with Gasteiger partial charge in [0.1, 0.15) is 5.92 Å². The topological polar surface area (TPSA) is 42.2 Å². The second-order valence-corrected chi connectivity index (χ2v) is 5.56. The molecule has 1 saturated carbocycles. The van der Waals surface area contributed by atoms with E-state index >= 15 is 0 Å². The number of nitrogens with zero attached hydrogens (tertiary/aromatic N) is 1. The van der Waals surface area contributed by atoms with Crippen LogP contribution in [0.2, 0.25) is 0 Å². The zero-order valence-electron chi connectivity index (χ0n) is 11.5. The molecule has 0 N–H and O–H groups in total. The highest BCUT2D eigenvalue weighted by atomic mass is 16.7. The smallest absolute Gasteiger partial charge is 0.194 e. The highest BCUT2D eigenvalue weighted by molar-refractivity contribution is 5.38. The second-order valence-electron chi connectivity index (χ2n) is 5.56. The van der Waals surface area contributed by atoms with E-state index in [9.17, 15) is 5.26 Å². The van der Waals surface area contributed by atoms with Crippen LogP contribution in [0.5, 0.6) is 0 Å². The Kier molecular flexibility index (Phi) is 2.81. The maximum atomic E-state index is 9.45. The molecule has 1 aliphatic carbocycles. The van der Waals surface area contributed by atoms with E-state index in [4.69, 9.17) is 9.47 Å². The van der Waals surface area contributed by atoms with Gasteiger partial charge in [-0.25, -0.2) is 0 Å². The van der Waals surface area contributed by atoms with Gasteiger partial charge in [-0.1, -0.05) is 54.6 Å². The fourth-order valence-corrected chi connectivity index (χ4v) is 3.21. The maximum Gasteiger partial charge on any atom is 0.194 e. The van der Waals surface area contributed by atoms with Crippen molar-refractivity contribution in [3.05, 3.63) is 71.3 Å². The minimum absolute atomic E-state index is 0.00184. The van der Waals surface area contributed by atoms with Crippen LogP contribution in [0.3, 0.4) is 0 Å². The zero-order valence-corrected chi connectivity index (χ0v) is 11.5. The molecule has 1 heterocycles. The molecule has 0 radical (unpaired) electrons. The third kappa shape index (κ3) is 1.88. The first-order chi connectivity index (χ1) is 10.3. The van der Waals surface area contributed by atoms with Gasteiger partial charge in [-0.2, -0.15) is 5.26 Å². The van der Waals surface area contributed by atoms with Crippen LogP contribution in [-0.2, 0) is 22.7 Å². The molecule has 1 spiro atoms. The molecule has 1 aliphatic heterocycles. The molecule has 4 rings (SSSR count). The maximum absolute atomic E-state index is 9.45. The Labute approximate surface area is 123 Å². The Hall–Kier alpha value is -2.15. The van der Waals surface area contributed by atoms with Gasteiger partial charge < -0.3 is 9.47 Å². The predicted molar refractivity (Wildman–Crippen MR) is 77.0 cm³/mol. The SMILES string of the molecule is N#CC1C(c2ccccc2)C12OCc1ccccc1CO2. The molecule has 0 amide bonds. The van der Waals surface area contributed by atoms with Gasteiger partial charge in [0.05, 0.1) is 25.2 Å². The van der Waals surface area contributed by atoms with Gasteiger partial charge in [-0.05, 0) is 16.7 Å². The standard InChI is InChI=1S/C18H15NO2/c19-10-16-17(13-6-2-1-3-7-13)18(16)20-11-14-8-4-5-9-15(14)12-21-18/h1-9,16-17H,11-12H2. The van der Waals surface area contributed by atoms with Crippen molar-refractivity contribution >= 4 is 0 Å². The number of hydrogen-bond acceptors (Lipinski definition) is 3. The lowest BCUT2D eigenvalue weighted by molar-refractivity contribution is -0.183. The molecule has 0 saturated heterocycles. The lowest BCUT2D eigenvalue weighted by atomic mass is 10.1. The molecule has 1 fully saturated rings. The van der Waals surface area contributed by atoms with Crippen LogP contribution in [0.4, 0.5) is 0 Å². The van der Waals surface area contributed by atoms with Crippen molar-refractivity contribution in [2.45, 2.75) is 24.9 Å². The summed E-state index contributed by atoms with van der Waals surface area (Å²) >= 11 is 0. The number of hydrogen-bond donors (Lipinski definition) is 0. The number of fused-ring (bicyclic) bond motifs is 1. The van der Waals surface area contributed by atoms with E-state index in [1.165, 1.54) is 0 Å². The van der Waals surface area contributed by atoms with Crippen molar-refractivity contribution in [1.82, 2.24) is 0 Å². The molecule has 0 aromatic heterocycles. The van der Waals surface area contributed by atoms with Crippen LogP contribution in [0.1, 0.15) is 22.6 Å². The van der Waals surface area contributed by atoms with Gasteiger partial charge in [-0.3, -0.25) is 0 Å². The third-order valence-corrected chi connectivity index (χ3v) is 4.41. The average Bonchev–Trinajstić information content (AvgIpc) is 3.24. The largest absolute Gasteiger partial charge is 0.343 e. The fraction of sp³-hybridized carbons (Fsp3) is 0.278. The first kappa shape index (κ1) is 12.6. The lowest BCUT2D eigenvalue weighted by Gasteiger charge is -2.16. The molecule has 2 aromatic carbocycles. The van der Waals surface area contributed by atoms with Gasteiger partial charge in [0.2, 0.25) is 0 Å². The van der Waals surface area contributed by atoms with Crippen LogP contribution in [0.15, 0.2) is 54.6 Å². The molecular formula is C18H15NO2. The normalized spacial score (nSPS) is 25.7. The molecule has 2 aliphatic rings. The molecule has 3 heteroatoms. The lowest BCUT2D eigenvalue weighted by Crippen LogP contribution is -2.20. The number of nitriles is 1. The van der Waals surface area contributed by atoms with Crippen molar-refractivity contribution < 1.29 is 9.47 Å². The Morgan fingerprint density at radius 3 is 2.05 bits per heavy atom. The van der Waals surface area contributed by atoms with Crippen molar-refractivity contribution in [3.63, 3.8) is 0 Å². The molecule has 21 heavy (non-hydrogen) atoms. The van der Waals surface area contributed by atoms with E-state index < -0.39 is 5.79 Å². The van der Waals surface area contributed by atoms with Crippen molar-refractivity contribution in [2.24, 2.45) is 5.92 Å². The number of ether oxygens (including phenoxy) is 2. The fourth-order valence-electron chi connectivity index (χ4n) is 3.21. The number of rotatable bonds is 1. The summed E-state index contributed by atoms with van der Waals surface area (Å²) in [5, 5.41) is 9.45. The second kappa shape index (κ2) is 4.70. The average molecular weight is 277 g/mol. The Bertz CT molecular complexity index is 678. The van der Waals surface area contributed by atoms with Gasteiger partial charge in [0.25, 0.3) is 0 Å². The van der Waals surface area contributed by atoms with Crippen LogP contribution in [-0.4, -0.2) is 5.79 Å². The highest BCUT2D eigenvalue weighted by Gasteiger charge is 2.69. The van der Waals surface area contributed by atoms with E-state index in [0.717, 1.165) is 16.7 Å². The van der Waals surface area contributed by atoms with Crippen LogP contribution in [0, 0.1) is 17.2 Å². The first-order valence-corrected chi connectivity index (χ1v) is 7.14. The van der Waals surface area contributed by atoms with Crippen LogP contribution < -0.4 is 0 Å². The Morgan fingerprint density at radius 1 is 0.905 bits per heavy atom. The van der Waals surface area contributed by atoms with Gasteiger partial charge in [0.15, 0.2) is 5.79 Å². The first-order valence-electron chi connectivity index (χ1n) is 7.14. The Balaban J connectivity index is 1.66. The van der Waals surface area contributed by atoms with E-state index in [0.29, 0.717) is 13.2 Å². The molecule has 3 nitrogen and oxygen atoms in total. The van der Waals surface area contributed by atoms with Gasteiger partial charge >= 0.3 is 0 Å². The molecule has 2 unspecified atom stereocenters. The van der Waals surface area contributed by atoms with Gasteiger partial charge in [0, 0.05) is 0 Å². The predicted octanol–water partition coefficient (Wildman–Crippen LogP) is 3.37. The van der Waals surface area contributed by atoms with E-state index in [2.05, 4.69) is 18.2 Å². The minimum Gasteiger partial charge on any atom is -0.343 e. The summed E-state index contributed by atoms with van der Waals surface area (Å²) in [6.45, 7) is 0.995. The highest BCUT2D eigenvalue weighted by Crippen LogP contribution is 2.61. The summed E-state index contributed by atoms with van der Waals surface area (Å²) in [5.41, 5.74) is 3.39. The van der Waals surface area contributed by atoms with Crippen molar-refractivity contribution in [2.75, 3.05) is 0 Å². The van der Waals surface area contributed by atoms with Crippen LogP contribution in [0.25, 0.3) is 0 Å². The molecule has 104 valence electrons. The molecular weight excluding hydrogens is 262 g/mol. The summed E-state index contributed by atoms with van der Waals surface area (Å²) < 4.78 is 12.1. The summed E-state index contributed by atoms with van der Waals surface area (Å²) in [6.07, 6.45) is 0. The summed E-state index contributed by atoms with van der Waals surface area (Å²) in [7, 11) is 0. The summed E-state index contributed by atoms with van der Waals surface area (Å²) in [6, 6.07) is 20.5. The minimum atomic E-state index is -0.783. The van der Waals surface area contributed by atoms with Crippen molar-refractivity contribution in [1.29, 1.82) is 5.26 Å². The molecule has 2 aromatic rings. The monoisotopic (exact) mass is 277 g/mol. The summed E-state index contributed by atoms with van der Waals surface area (Å²) in [5.74, 6) is -1.03. The van der Waals surface area contributed by atoms with Crippen molar-refractivity contribution in [3.8, 4) is 6.07 Å². The van der Waals surface area contributed by atoms with E-state index in [-0.39, 0.29) is 11.8 Å². The van der Waals surface area contributed by atoms with E-state index in [1.54, 1.807) is 0 Å². The molecule has 0 bridgehead atoms. The van der Waals surface area contributed by atoms with E-state index in [1.807, 2.05) is 42.5 Å². The quantitative estimate of drug-likeness (QED) is 0.802. The van der Waals surface area contributed by atoms with Crippen LogP contribution >= 0.6 is 0 Å². The Morgan fingerprint density at radius 2 is 1.48 bits per heavy atom. The van der Waals surface area contributed by atoms with Gasteiger partial charge in [-0.15, -0.1) is 0 Å².